The van der Waals surface area contributed by atoms with Crippen LogP contribution >= 0.6 is 0 Å². The number of rotatable bonds is 6. The van der Waals surface area contributed by atoms with Crippen LogP contribution in [0.4, 0.5) is 21.6 Å². The number of aliphatic hydroxyl groups excluding tert-OH is 1. The highest BCUT2D eigenvalue weighted by Gasteiger charge is 2.38. The molecule has 216 valence electrons. The molecule has 3 N–H and O–H groups in total. The van der Waals surface area contributed by atoms with E-state index in [0.717, 1.165) is 44.5 Å². The molecule has 3 fully saturated rings. The van der Waals surface area contributed by atoms with Crippen molar-refractivity contribution in [2.24, 2.45) is 5.92 Å². The minimum atomic E-state index is -0.548. The molecule has 3 aliphatic rings. The Labute approximate surface area is 241 Å². The highest BCUT2D eigenvalue weighted by atomic mass is 19.1. The molecule has 6 heterocycles. The molecule has 7 rings (SSSR count). The van der Waals surface area contributed by atoms with Crippen LogP contribution in [0.15, 0.2) is 59.7 Å². The van der Waals surface area contributed by atoms with Crippen LogP contribution in [0.5, 0.6) is 0 Å². The van der Waals surface area contributed by atoms with Gasteiger partial charge in [-0.2, -0.15) is 0 Å². The number of halogens is 1. The number of pyridine rings is 3. The van der Waals surface area contributed by atoms with Gasteiger partial charge in [-0.05, 0) is 74.9 Å². The number of benzene rings is 1. The Balaban J connectivity index is 1.17. The molecule has 0 aliphatic carbocycles. The van der Waals surface area contributed by atoms with E-state index in [-0.39, 0.29) is 41.1 Å². The maximum absolute atomic E-state index is 15.6. The zero-order valence-electron chi connectivity index (χ0n) is 23.1. The first-order chi connectivity index (χ1) is 20.4. The average Bonchev–Trinajstić information content (AvgIpc) is 3.34. The van der Waals surface area contributed by atoms with Gasteiger partial charge in [0.2, 0.25) is 0 Å². The van der Waals surface area contributed by atoms with Crippen LogP contribution < -0.4 is 15.8 Å². The number of fused-ring (bicyclic) bond motifs is 3. The highest BCUT2D eigenvalue weighted by molar-refractivity contribution is 5.99. The van der Waals surface area contributed by atoms with Gasteiger partial charge in [-0.25, -0.2) is 14.4 Å². The largest absolute Gasteiger partial charge is 0.393 e. The summed E-state index contributed by atoms with van der Waals surface area (Å²) in [5.41, 5.74) is 2.39. The lowest BCUT2D eigenvalue weighted by Crippen LogP contribution is -2.35. The summed E-state index contributed by atoms with van der Waals surface area (Å²) in [4.78, 5) is 40.0. The van der Waals surface area contributed by atoms with Crippen molar-refractivity contribution in [3.63, 3.8) is 0 Å². The summed E-state index contributed by atoms with van der Waals surface area (Å²) < 4.78 is 21.4. The molecule has 4 aromatic rings. The molecule has 42 heavy (non-hydrogen) atoms. The van der Waals surface area contributed by atoms with Gasteiger partial charge in [0.1, 0.15) is 11.6 Å². The van der Waals surface area contributed by atoms with Gasteiger partial charge in [-0.3, -0.25) is 9.59 Å². The summed E-state index contributed by atoms with van der Waals surface area (Å²) in [6.07, 6.45) is 8.04. The maximum Gasteiger partial charge on any atom is 0.259 e. The summed E-state index contributed by atoms with van der Waals surface area (Å²) in [6, 6.07) is 11.6. The molecule has 3 aromatic heterocycles. The molecular formula is C32H32FN5O4. The molecule has 9 nitrogen and oxygen atoms in total. The van der Waals surface area contributed by atoms with Crippen LogP contribution in [-0.4, -0.2) is 57.2 Å². The Kier molecular flexibility index (Phi) is 6.95. The Morgan fingerprint density at radius 3 is 2.55 bits per heavy atom. The number of aliphatic hydroxyl groups is 1. The number of aromatic nitrogens is 3. The van der Waals surface area contributed by atoms with Crippen molar-refractivity contribution in [2.75, 3.05) is 23.3 Å². The van der Waals surface area contributed by atoms with Crippen LogP contribution in [0.3, 0.4) is 0 Å². The number of Topliss-reactive ketones (excluding diaryl/α,β-unsaturated/α-hetero) is 1. The number of piperidine rings is 1. The lowest BCUT2D eigenvalue weighted by molar-refractivity contribution is -0.0149. The first kappa shape index (κ1) is 26.7. The van der Waals surface area contributed by atoms with Gasteiger partial charge in [-0.15, -0.1) is 0 Å². The third-order valence-electron chi connectivity index (χ3n) is 8.76. The number of anilines is 3. The normalized spacial score (nSPS) is 22.4. The topological polar surface area (TPSA) is 120 Å². The summed E-state index contributed by atoms with van der Waals surface area (Å²) in [6.45, 7) is 1.52. The number of nitrogens with zero attached hydrogens (tertiary/aromatic N) is 3. The van der Waals surface area contributed by atoms with Crippen LogP contribution in [0.1, 0.15) is 48.9 Å². The van der Waals surface area contributed by atoms with Crippen molar-refractivity contribution in [1.29, 1.82) is 0 Å². The monoisotopic (exact) mass is 569 g/mol. The van der Waals surface area contributed by atoms with Gasteiger partial charge in [0.05, 0.1) is 52.5 Å². The van der Waals surface area contributed by atoms with Crippen molar-refractivity contribution in [2.45, 2.75) is 56.8 Å². The third kappa shape index (κ3) is 5.16. The average molecular weight is 570 g/mol. The Bertz CT molecular complexity index is 1690. The first-order valence-electron chi connectivity index (χ1n) is 14.6. The van der Waals surface area contributed by atoms with E-state index >= 15 is 4.39 Å². The molecule has 2 atom stereocenters. The molecule has 0 amide bonds. The summed E-state index contributed by atoms with van der Waals surface area (Å²) in [7, 11) is 0. The number of ether oxygens (including phenoxy) is 1. The van der Waals surface area contributed by atoms with E-state index in [2.05, 4.69) is 25.2 Å². The fourth-order valence-corrected chi connectivity index (χ4v) is 6.52. The Morgan fingerprint density at radius 1 is 1.05 bits per heavy atom. The highest BCUT2D eigenvalue weighted by Crippen LogP contribution is 2.38. The molecule has 10 heteroatoms. The summed E-state index contributed by atoms with van der Waals surface area (Å²) in [5.74, 6) is -0.225. The lowest BCUT2D eigenvalue weighted by atomic mass is 9.87. The molecule has 1 aromatic carbocycles. The number of hydrogen-bond donors (Lipinski definition) is 3. The zero-order chi connectivity index (χ0) is 28.8. The van der Waals surface area contributed by atoms with E-state index in [0.29, 0.717) is 46.5 Å². The van der Waals surface area contributed by atoms with Crippen molar-refractivity contribution >= 4 is 33.9 Å². The van der Waals surface area contributed by atoms with Gasteiger partial charge in [-0.1, -0.05) is 6.07 Å². The lowest BCUT2D eigenvalue weighted by Gasteiger charge is -2.31. The molecule has 3 saturated heterocycles. The van der Waals surface area contributed by atoms with Crippen LogP contribution in [0.2, 0.25) is 0 Å². The first-order valence-corrected chi connectivity index (χ1v) is 14.6. The molecule has 0 spiro atoms. The van der Waals surface area contributed by atoms with Crippen LogP contribution in [0, 0.1) is 11.7 Å². The van der Waals surface area contributed by atoms with Gasteiger partial charge >= 0.3 is 0 Å². The number of carbonyl (C=O) groups excluding carboxylic acids is 1. The number of hydrogen-bond acceptors (Lipinski definition) is 8. The van der Waals surface area contributed by atoms with Crippen molar-refractivity contribution in [3.05, 3.63) is 76.6 Å². The number of carbonyl (C=O) groups is 1. The van der Waals surface area contributed by atoms with E-state index in [1.807, 2.05) is 12.1 Å². The summed E-state index contributed by atoms with van der Waals surface area (Å²) in [5, 5.41) is 13.4. The van der Waals surface area contributed by atoms with Crippen molar-refractivity contribution < 1.29 is 19.0 Å². The van der Waals surface area contributed by atoms with Gasteiger partial charge in [0.25, 0.3) is 5.56 Å². The fourth-order valence-electron chi connectivity index (χ4n) is 6.52. The fraction of sp³-hybridized carbons (Fsp3) is 0.375. The van der Waals surface area contributed by atoms with Crippen LogP contribution in [0.25, 0.3) is 22.2 Å². The van der Waals surface area contributed by atoms with E-state index in [1.54, 1.807) is 30.5 Å². The minimum Gasteiger partial charge on any atom is -0.393 e. The molecule has 3 aliphatic heterocycles. The third-order valence-corrected chi connectivity index (χ3v) is 8.76. The SMILES string of the molecule is O=C(c1ccc(-c2cc(Nc3ccc(N4CCC(O)CC4)cn3)c3c(=O)[nH]ccc3n2)c(F)c1)C1CC2CCC(C1)O2. The number of ketones is 1. The smallest absolute Gasteiger partial charge is 0.259 e. The number of aromatic amines is 1. The molecule has 2 bridgehead atoms. The van der Waals surface area contributed by atoms with Gasteiger partial charge in [0.15, 0.2) is 5.78 Å². The Morgan fingerprint density at radius 2 is 1.83 bits per heavy atom. The van der Waals surface area contributed by atoms with Crippen LogP contribution in [-0.2, 0) is 4.74 Å². The molecular weight excluding hydrogens is 537 g/mol. The van der Waals surface area contributed by atoms with Crippen molar-refractivity contribution in [3.8, 4) is 11.3 Å². The standard InChI is InChI=1S/C32H32FN5O4/c33-25-15-18(31(40)19-13-22-3-4-23(14-19)42-22)1-5-24(25)27-16-28(30-26(36-27)7-10-34-32(30)41)37-29-6-2-20(17-35-29)38-11-8-21(39)9-12-38/h1-2,5-7,10,15-17,19,21-23,39H,3-4,8-9,11-14H2,(H,34,41)(H,35,36,37). The predicted molar refractivity (Wildman–Crippen MR) is 158 cm³/mol. The number of H-pyrrole nitrogens is 1. The van der Waals surface area contributed by atoms with E-state index in [9.17, 15) is 14.7 Å². The molecule has 2 unspecified atom stereocenters. The van der Waals surface area contributed by atoms with E-state index in [4.69, 9.17) is 4.74 Å². The van der Waals surface area contributed by atoms with E-state index < -0.39 is 5.82 Å². The Hall–Kier alpha value is -4.15. The second-order valence-electron chi connectivity index (χ2n) is 11.6. The van der Waals surface area contributed by atoms with Gasteiger partial charge < -0.3 is 25.0 Å². The second kappa shape index (κ2) is 10.9. The second-order valence-corrected chi connectivity index (χ2v) is 11.6. The van der Waals surface area contributed by atoms with E-state index in [1.165, 1.54) is 12.3 Å². The summed E-state index contributed by atoms with van der Waals surface area (Å²) >= 11 is 0. The van der Waals surface area contributed by atoms with Gasteiger partial charge in [0, 0.05) is 36.3 Å². The molecule has 0 radical (unpaired) electrons. The maximum atomic E-state index is 15.6. The van der Waals surface area contributed by atoms with Crippen molar-refractivity contribution in [1.82, 2.24) is 15.0 Å². The zero-order valence-corrected chi connectivity index (χ0v) is 23.1. The molecule has 0 saturated carbocycles. The number of nitrogens with one attached hydrogen (secondary N) is 2. The minimum absolute atomic E-state index is 0.0451. The predicted octanol–water partition coefficient (Wildman–Crippen LogP) is 4.97. The quantitative estimate of drug-likeness (QED) is 0.279.